The standard InChI is InChI=1S/C25H24ClFN4O2S2/c1-17-8-11-21(26)14-23(17)31-24(18(2)30-35(32,33)16-20-6-4-3-5-7-20)28-29-25(31)34-15-19-9-12-22(27)13-10-19/h3-14,18,30H,15-16H2,1-2H3. The van der Waals surface area contributed by atoms with Crippen molar-refractivity contribution in [1.82, 2.24) is 19.5 Å². The van der Waals surface area contributed by atoms with Crippen LogP contribution in [0.2, 0.25) is 5.02 Å². The van der Waals surface area contributed by atoms with Gasteiger partial charge in [0.25, 0.3) is 0 Å². The van der Waals surface area contributed by atoms with Crippen LogP contribution in [0.15, 0.2) is 78.0 Å². The summed E-state index contributed by atoms with van der Waals surface area (Å²) in [6.45, 7) is 3.67. The highest BCUT2D eigenvalue weighted by atomic mass is 35.5. The summed E-state index contributed by atoms with van der Waals surface area (Å²) in [6, 6.07) is 20.1. The Morgan fingerprint density at radius 3 is 2.46 bits per heavy atom. The van der Waals surface area contributed by atoms with Crippen LogP contribution in [0.5, 0.6) is 0 Å². The van der Waals surface area contributed by atoms with E-state index in [1.807, 2.05) is 23.6 Å². The van der Waals surface area contributed by atoms with Gasteiger partial charge in [0.1, 0.15) is 5.82 Å². The minimum Gasteiger partial charge on any atom is -0.272 e. The molecule has 0 saturated carbocycles. The first-order valence-electron chi connectivity index (χ1n) is 10.8. The number of rotatable bonds is 9. The molecule has 35 heavy (non-hydrogen) atoms. The second-order valence-electron chi connectivity index (χ2n) is 8.11. The number of thioether (sulfide) groups is 1. The zero-order valence-electron chi connectivity index (χ0n) is 19.2. The molecule has 182 valence electrons. The maximum Gasteiger partial charge on any atom is 0.216 e. The molecular formula is C25H24ClFN4O2S2. The van der Waals surface area contributed by atoms with E-state index in [-0.39, 0.29) is 11.6 Å². The SMILES string of the molecule is Cc1ccc(Cl)cc1-n1c(SCc2ccc(F)cc2)nnc1C(C)NS(=O)(=O)Cc1ccccc1. The summed E-state index contributed by atoms with van der Waals surface area (Å²) in [7, 11) is -3.65. The molecule has 1 unspecified atom stereocenters. The number of benzene rings is 3. The largest absolute Gasteiger partial charge is 0.272 e. The zero-order chi connectivity index (χ0) is 25.0. The van der Waals surface area contributed by atoms with Crippen molar-refractivity contribution < 1.29 is 12.8 Å². The van der Waals surface area contributed by atoms with Crippen LogP contribution in [0.25, 0.3) is 5.69 Å². The number of aryl methyl sites for hydroxylation is 1. The van der Waals surface area contributed by atoms with Crippen molar-refractivity contribution in [3.63, 3.8) is 0 Å². The molecule has 10 heteroatoms. The molecule has 0 saturated heterocycles. The van der Waals surface area contributed by atoms with E-state index in [9.17, 15) is 12.8 Å². The number of halogens is 2. The molecule has 0 fully saturated rings. The van der Waals surface area contributed by atoms with E-state index in [1.54, 1.807) is 55.5 Å². The van der Waals surface area contributed by atoms with Gasteiger partial charge in [0, 0.05) is 10.8 Å². The summed E-state index contributed by atoms with van der Waals surface area (Å²) in [5, 5.41) is 9.81. The van der Waals surface area contributed by atoms with Gasteiger partial charge in [-0.05, 0) is 54.8 Å². The van der Waals surface area contributed by atoms with Gasteiger partial charge in [-0.15, -0.1) is 10.2 Å². The van der Waals surface area contributed by atoms with E-state index in [1.165, 1.54) is 23.9 Å². The number of hydrogen-bond donors (Lipinski definition) is 1. The first-order valence-corrected chi connectivity index (χ1v) is 13.9. The molecule has 1 atom stereocenters. The topological polar surface area (TPSA) is 76.9 Å². The van der Waals surface area contributed by atoms with Gasteiger partial charge < -0.3 is 0 Å². The summed E-state index contributed by atoms with van der Waals surface area (Å²) in [6.07, 6.45) is 0. The number of aromatic nitrogens is 3. The summed E-state index contributed by atoms with van der Waals surface area (Å²) in [5.41, 5.74) is 3.30. The van der Waals surface area contributed by atoms with Crippen LogP contribution in [-0.4, -0.2) is 23.2 Å². The highest BCUT2D eigenvalue weighted by molar-refractivity contribution is 7.98. The molecule has 1 heterocycles. The van der Waals surface area contributed by atoms with E-state index in [0.29, 0.717) is 27.3 Å². The van der Waals surface area contributed by atoms with Crippen molar-refractivity contribution in [2.45, 2.75) is 36.6 Å². The van der Waals surface area contributed by atoms with E-state index in [0.717, 1.165) is 16.8 Å². The first-order chi connectivity index (χ1) is 16.7. The predicted octanol–water partition coefficient (Wildman–Crippen LogP) is 5.84. The second kappa shape index (κ2) is 10.9. The molecule has 0 bridgehead atoms. The van der Waals surface area contributed by atoms with Crippen molar-refractivity contribution >= 4 is 33.4 Å². The molecule has 0 aliphatic heterocycles. The first kappa shape index (κ1) is 25.4. The summed E-state index contributed by atoms with van der Waals surface area (Å²) < 4.78 is 43.6. The van der Waals surface area contributed by atoms with Crippen LogP contribution < -0.4 is 4.72 Å². The highest BCUT2D eigenvalue weighted by Crippen LogP contribution is 2.30. The molecule has 0 radical (unpaired) electrons. The molecule has 1 aromatic heterocycles. The monoisotopic (exact) mass is 530 g/mol. The molecule has 0 aliphatic rings. The van der Waals surface area contributed by atoms with Crippen molar-refractivity contribution in [3.8, 4) is 5.69 Å². The maximum atomic E-state index is 13.3. The zero-order valence-corrected chi connectivity index (χ0v) is 21.5. The normalized spacial score (nSPS) is 12.6. The summed E-state index contributed by atoms with van der Waals surface area (Å²) in [4.78, 5) is 0. The maximum absolute atomic E-state index is 13.3. The minimum atomic E-state index is -3.65. The average Bonchev–Trinajstić information content (AvgIpc) is 3.24. The fraction of sp³-hybridized carbons (Fsp3) is 0.200. The van der Waals surface area contributed by atoms with Gasteiger partial charge in [-0.3, -0.25) is 4.57 Å². The quantitative estimate of drug-likeness (QED) is 0.275. The van der Waals surface area contributed by atoms with E-state index in [4.69, 9.17) is 11.6 Å². The predicted molar refractivity (Wildman–Crippen MR) is 138 cm³/mol. The molecule has 3 aromatic carbocycles. The third-order valence-electron chi connectivity index (χ3n) is 5.29. The Hall–Kier alpha value is -2.72. The van der Waals surface area contributed by atoms with Crippen LogP contribution in [0.4, 0.5) is 4.39 Å². The molecular weight excluding hydrogens is 507 g/mol. The Labute approximate surface area is 213 Å². The Kier molecular flexibility index (Phi) is 7.91. The summed E-state index contributed by atoms with van der Waals surface area (Å²) in [5.74, 6) is 0.532. The molecule has 1 N–H and O–H groups in total. The van der Waals surface area contributed by atoms with Gasteiger partial charge in [-0.25, -0.2) is 17.5 Å². The molecule has 4 rings (SSSR count). The molecule has 0 amide bonds. The minimum absolute atomic E-state index is 0.144. The van der Waals surface area contributed by atoms with Crippen LogP contribution in [0.1, 0.15) is 35.5 Å². The third-order valence-corrected chi connectivity index (χ3v) is 7.96. The van der Waals surface area contributed by atoms with Gasteiger partial charge in [0.15, 0.2) is 11.0 Å². The Balaban J connectivity index is 1.65. The lowest BCUT2D eigenvalue weighted by Gasteiger charge is -2.18. The lowest BCUT2D eigenvalue weighted by molar-refractivity contribution is 0.555. The van der Waals surface area contributed by atoms with Crippen molar-refractivity contribution in [1.29, 1.82) is 0 Å². The van der Waals surface area contributed by atoms with Crippen LogP contribution in [0, 0.1) is 12.7 Å². The smallest absolute Gasteiger partial charge is 0.216 e. The molecule has 6 nitrogen and oxygen atoms in total. The van der Waals surface area contributed by atoms with Crippen molar-refractivity contribution in [2.24, 2.45) is 0 Å². The Morgan fingerprint density at radius 2 is 1.74 bits per heavy atom. The summed E-state index contributed by atoms with van der Waals surface area (Å²) >= 11 is 7.72. The van der Waals surface area contributed by atoms with Crippen LogP contribution >= 0.6 is 23.4 Å². The lowest BCUT2D eigenvalue weighted by Crippen LogP contribution is -2.30. The van der Waals surface area contributed by atoms with Crippen molar-refractivity contribution in [3.05, 3.63) is 106 Å². The van der Waals surface area contributed by atoms with Crippen molar-refractivity contribution in [2.75, 3.05) is 0 Å². The average molecular weight is 531 g/mol. The molecule has 0 aliphatic carbocycles. The van der Waals surface area contributed by atoms with Crippen LogP contribution in [0.3, 0.4) is 0 Å². The Bertz CT molecular complexity index is 1410. The van der Waals surface area contributed by atoms with Gasteiger partial charge in [-0.1, -0.05) is 71.9 Å². The Morgan fingerprint density at radius 1 is 1.03 bits per heavy atom. The van der Waals surface area contributed by atoms with Gasteiger partial charge in [-0.2, -0.15) is 0 Å². The highest BCUT2D eigenvalue weighted by Gasteiger charge is 2.24. The van der Waals surface area contributed by atoms with E-state index < -0.39 is 16.1 Å². The van der Waals surface area contributed by atoms with Gasteiger partial charge in [0.2, 0.25) is 10.0 Å². The van der Waals surface area contributed by atoms with Gasteiger partial charge in [0.05, 0.1) is 17.5 Å². The number of nitrogens with zero attached hydrogens (tertiary/aromatic N) is 3. The molecule has 0 spiro atoms. The number of nitrogens with one attached hydrogen (secondary N) is 1. The second-order valence-corrected chi connectivity index (χ2v) is 11.2. The van der Waals surface area contributed by atoms with E-state index in [2.05, 4.69) is 14.9 Å². The van der Waals surface area contributed by atoms with Crippen LogP contribution in [-0.2, 0) is 21.5 Å². The fourth-order valence-corrected chi connectivity index (χ4v) is 6.02. The number of sulfonamides is 1. The third kappa shape index (κ3) is 6.49. The van der Waals surface area contributed by atoms with Gasteiger partial charge >= 0.3 is 0 Å². The lowest BCUT2D eigenvalue weighted by atomic mass is 10.2. The van der Waals surface area contributed by atoms with E-state index >= 15 is 0 Å². The number of hydrogen-bond acceptors (Lipinski definition) is 5. The fourth-order valence-electron chi connectivity index (χ4n) is 3.59. The molecule has 4 aromatic rings.